The Kier molecular flexibility index (Phi) is 4.73. The molecule has 0 radical (unpaired) electrons. The number of hydrogen-bond acceptors (Lipinski definition) is 4. The van der Waals surface area contributed by atoms with E-state index in [2.05, 4.69) is 19.8 Å². The Morgan fingerprint density at radius 3 is 2.78 bits per heavy atom. The lowest BCUT2D eigenvalue weighted by Gasteiger charge is -2.26. The van der Waals surface area contributed by atoms with Crippen molar-refractivity contribution in [1.82, 2.24) is 19.8 Å². The first kappa shape index (κ1) is 13.5. The van der Waals surface area contributed by atoms with Gasteiger partial charge in [-0.15, -0.1) is 0 Å². The van der Waals surface area contributed by atoms with Gasteiger partial charge in [-0.3, -0.25) is 5.10 Å². The lowest BCUT2D eigenvalue weighted by molar-refractivity contribution is 0.227. The fraction of sp³-hybridized carbons (Fsp3) is 0.727. The van der Waals surface area contributed by atoms with Crippen LogP contribution in [0.25, 0.3) is 0 Å². The number of nitrogens with one attached hydrogen (secondary N) is 2. The molecular weight excluding hydrogens is 252 g/mol. The van der Waals surface area contributed by atoms with E-state index in [-0.39, 0.29) is 5.03 Å². The number of piperidine rings is 1. The number of H-pyrrole nitrogens is 1. The van der Waals surface area contributed by atoms with Gasteiger partial charge in [0.25, 0.3) is 10.0 Å². The molecule has 1 aliphatic heterocycles. The van der Waals surface area contributed by atoms with Crippen LogP contribution >= 0.6 is 0 Å². The summed E-state index contributed by atoms with van der Waals surface area (Å²) >= 11 is 0. The summed E-state index contributed by atoms with van der Waals surface area (Å²) in [5, 5.41) is 6.22. The Morgan fingerprint density at radius 2 is 2.11 bits per heavy atom. The molecule has 7 heteroatoms. The van der Waals surface area contributed by atoms with E-state index in [0.717, 1.165) is 26.1 Å². The molecule has 1 aliphatic rings. The van der Waals surface area contributed by atoms with Gasteiger partial charge in [0, 0.05) is 6.54 Å². The average Bonchev–Trinajstić information content (AvgIpc) is 2.91. The molecule has 1 saturated heterocycles. The van der Waals surface area contributed by atoms with Crippen molar-refractivity contribution in [1.29, 1.82) is 0 Å². The van der Waals surface area contributed by atoms with E-state index in [1.807, 2.05) is 0 Å². The van der Waals surface area contributed by atoms with Gasteiger partial charge in [0.1, 0.15) is 0 Å². The first-order valence-corrected chi connectivity index (χ1v) is 7.88. The van der Waals surface area contributed by atoms with Crippen molar-refractivity contribution in [2.24, 2.45) is 0 Å². The van der Waals surface area contributed by atoms with Crippen molar-refractivity contribution in [2.75, 3.05) is 26.2 Å². The molecule has 0 saturated carbocycles. The molecule has 0 spiro atoms. The molecule has 2 N–H and O–H groups in total. The minimum atomic E-state index is -3.41. The predicted molar refractivity (Wildman–Crippen MR) is 68.7 cm³/mol. The topological polar surface area (TPSA) is 78.1 Å². The molecule has 0 bridgehead atoms. The average molecular weight is 272 g/mol. The highest BCUT2D eigenvalue weighted by molar-refractivity contribution is 7.89. The molecule has 0 aliphatic carbocycles. The summed E-state index contributed by atoms with van der Waals surface area (Å²) in [5.41, 5.74) is 0. The van der Waals surface area contributed by atoms with Crippen LogP contribution in [0.2, 0.25) is 0 Å². The molecule has 0 unspecified atom stereocenters. The smallest absolute Gasteiger partial charge is 0.257 e. The summed E-state index contributed by atoms with van der Waals surface area (Å²) < 4.78 is 26.1. The second-order valence-corrected chi connectivity index (χ2v) is 6.31. The van der Waals surface area contributed by atoms with Gasteiger partial charge in [-0.05, 0) is 45.0 Å². The van der Waals surface area contributed by atoms with Gasteiger partial charge in [-0.2, -0.15) is 5.10 Å². The molecule has 1 aromatic heterocycles. The largest absolute Gasteiger partial charge is 0.303 e. The van der Waals surface area contributed by atoms with E-state index in [9.17, 15) is 8.42 Å². The van der Waals surface area contributed by atoms with Crippen molar-refractivity contribution in [2.45, 2.75) is 30.7 Å². The third-order valence-electron chi connectivity index (χ3n) is 3.16. The Morgan fingerprint density at radius 1 is 1.33 bits per heavy atom. The van der Waals surface area contributed by atoms with Gasteiger partial charge in [0.05, 0.1) is 6.20 Å². The molecule has 0 atom stereocenters. The first-order chi connectivity index (χ1) is 8.68. The van der Waals surface area contributed by atoms with E-state index in [0.29, 0.717) is 6.54 Å². The van der Waals surface area contributed by atoms with Crippen molar-refractivity contribution >= 4 is 10.0 Å². The summed E-state index contributed by atoms with van der Waals surface area (Å²) in [5.74, 6) is 0. The molecule has 2 heterocycles. The number of hydrogen-bond donors (Lipinski definition) is 2. The maximum absolute atomic E-state index is 11.7. The molecule has 6 nitrogen and oxygen atoms in total. The van der Waals surface area contributed by atoms with Crippen molar-refractivity contribution in [3.05, 3.63) is 12.3 Å². The standard InChI is InChI=1S/C11H20N4O2S/c16-18(17,11-5-7-12-14-11)13-6-4-10-15-8-2-1-3-9-15/h5,7,13H,1-4,6,8-10H2,(H,12,14). The molecule has 1 fully saturated rings. The van der Waals surface area contributed by atoms with Crippen LogP contribution in [-0.4, -0.2) is 49.7 Å². The van der Waals surface area contributed by atoms with Crippen LogP contribution in [0.4, 0.5) is 0 Å². The highest BCUT2D eigenvalue weighted by Crippen LogP contribution is 2.08. The van der Waals surface area contributed by atoms with E-state index in [1.165, 1.54) is 31.5 Å². The van der Waals surface area contributed by atoms with Gasteiger partial charge < -0.3 is 4.90 Å². The monoisotopic (exact) mass is 272 g/mol. The molecule has 1 aromatic rings. The highest BCUT2D eigenvalue weighted by Gasteiger charge is 2.15. The molecule has 0 aromatic carbocycles. The molecular formula is C11H20N4O2S. The number of sulfonamides is 1. The van der Waals surface area contributed by atoms with E-state index < -0.39 is 10.0 Å². The van der Waals surface area contributed by atoms with Gasteiger partial charge in [0.2, 0.25) is 0 Å². The summed E-state index contributed by atoms with van der Waals surface area (Å²) in [6.45, 7) is 3.73. The maximum Gasteiger partial charge on any atom is 0.257 e. The zero-order chi connectivity index (χ0) is 12.8. The summed E-state index contributed by atoms with van der Waals surface area (Å²) in [4.78, 5) is 2.40. The number of nitrogens with zero attached hydrogens (tertiary/aromatic N) is 2. The van der Waals surface area contributed by atoms with Gasteiger partial charge in [0.15, 0.2) is 5.03 Å². The van der Waals surface area contributed by atoms with Crippen molar-refractivity contribution < 1.29 is 8.42 Å². The second-order valence-electron chi connectivity index (χ2n) is 4.57. The van der Waals surface area contributed by atoms with Crippen LogP contribution in [0.1, 0.15) is 25.7 Å². The summed E-state index contributed by atoms with van der Waals surface area (Å²) in [6, 6.07) is 1.45. The highest BCUT2D eigenvalue weighted by atomic mass is 32.2. The minimum Gasteiger partial charge on any atom is -0.303 e. The third-order valence-corrected chi connectivity index (χ3v) is 4.55. The maximum atomic E-state index is 11.7. The molecule has 0 amide bonds. The zero-order valence-corrected chi connectivity index (χ0v) is 11.2. The zero-order valence-electron chi connectivity index (χ0n) is 10.4. The lowest BCUT2D eigenvalue weighted by atomic mass is 10.1. The van der Waals surface area contributed by atoms with Crippen LogP contribution in [-0.2, 0) is 10.0 Å². The van der Waals surface area contributed by atoms with E-state index in [4.69, 9.17) is 0 Å². The van der Waals surface area contributed by atoms with Crippen LogP contribution in [0.5, 0.6) is 0 Å². The predicted octanol–water partition coefficient (Wildman–Crippen LogP) is 0.564. The Labute approximate surface area is 108 Å². The minimum absolute atomic E-state index is 0.125. The normalized spacial score (nSPS) is 18.0. The summed E-state index contributed by atoms with van der Waals surface area (Å²) in [7, 11) is -3.41. The molecule has 18 heavy (non-hydrogen) atoms. The van der Waals surface area contributed by atoms with Crippen molar-refractivity contribution in [3.63, 3.8) is 0 Å². The second kappa shape index (κ2) is 6.31. The summed E-state index contributed by atoms with van der Waals surface area (Å²) in [6.07, 6.45) is 6.12. The quantitative estimate of drug-likeness (QED) is 0.742. The van der Waals surface area contributed by atoms with Gasteiger partial charge >= 0.3 is 0 Å². The van der Waals surface area contributed by atoms with Gasteiger partial charge in [-0.25, -0.2) is 13.1 Å². The SMILES string of the molecule is O=S(=O)(NCCCN1CCCCC1)c1ccn[nH]1. The number of rotatable bonds is 6. The third kappa shape index (κ3) is 3.79. The first-order valence-electron chi connectivity index (χ1n) is 6.40. The number of aromatic nitrogens is 2. The van der Waals surface area contributed by atoms with Crippen LogP contribution in [0.3, 0.4) is 0 Å². The van der Waals surface area contributed by atoms with Crippen molar-refractivity contribution in [3.8, 4) is 0 Å². The Balaban J connectivity index is 1.69. The van der Waals surface area contributed by atoms with Gasteiger partial charge in [-0.1, -0.05) is 6.42 Å². The molecule has 102 valence electrons. The van der Waals surface area contributed by atoms with Crippen LogP contribution in [0, 0.1) is 0 Å². The Bertz CT molecular complexity index is 438. The van der Waals surface area contributed by atoms with Crippen LogP contribution in [0.15, 0.2) is 17.3 Å². The van der Waals surface area contributed by atoms with E-state index in [1.54, 1.807) is 0 Å². The fourth-order valence-electron chi connectivity index (χ4n) is 2.16. The van der Waals surface area contributed by atoms with Crippen LogP contribution < -0.4 is 4.72 Å². The lowest BCUT2D eigenvalue weighted by Crippen LogP contribution is -2.33. The Hall–Kier alpha value is -0.920. The van der Waals surface area contributed by atoms with E-state index >= 15 is 0 Å². The number of aromatic amines is 1. The molecule has 2 rings (SSSR count). The number of likely N-dealkylation sites (tertiary alicyclic amines) is 1. The fourth-order valence-corrected chi connectivity index (χ4v) is 3.14.